The molecule has 2 atom stereocenters. The van der Waals surface area contributed by atoms with Gasteiger partial charge in [-0.15, -0.1) is 0 Å². The van der Waals surface area contributed by atoms with Crippen molar-refractivity contribution in [3.8, 4) is 28.0 Å². The van der Waals surface area contributed by atoms with Crippen LogP contribution in [0.4, 0.5) is 0 Å². The minimum atomic E-state index is -0.826. The molecule has 1 aliphatic carbocycles. The summed E-state index contributed by atoms with van der Waals surface area (Å²) in [6, 6.07) is 24.7. The van der Waals surface area contributed by atoms with E-state index in [1.54, 1.807) is 0 Å². The summed E-state index contributed by atoms with van der Waals surface area (Å²) in [5.74, 6) is 0.907. The van der Waals surface area contributed by atoms with Crippen molar-refractivity contribution in [2.24, 2.45) is 10.9 Å². The molecule has 0 heterocycles. The predicted octanol–water partition coefficient (Wildman–Crippen LogP) is 8.10. The number of rotatable bonds is 4. The van der Waals surface area contributed by atoms with E-state index in [0.717, 1.165) is 34.2 Å². The zero-order valence-electron chi connectivity index (χ0n) is 17.6. The third-order valence-electron chi connectivity index (χ3n) is 5.85. The fraction of sp³-hybridized carbons (Fsp3) is 0.269. The van der Waals surface area contributed by atoms with E-state index in [9.17, 15) is 5.11 Å². The molecule has 0 radical (unpaired) electrons. The van der Waals surface area contributed by atoms with E-state index in [1.165, 1.54) is 19.3 Å². The molecule has 0 aromatic heterocycles. The van der Waals surface area contributed by atoms with Crippen LogP contribution in [0.3, 0.4) is 0 Å². The van der Waals surface area contributed by atoms with Gasteiger partial charge in [0.05, 0.1) is 6.04 Å². The fourth-order valence-corrected chi connectivity index (χ4v) is 4.15. The van der Waals surface area contributed by atoms with Crippen molar-refractivity contribution in [2.75, 3.05) is 0 Å². The molecule has 1 N–H and O–H groups in total. The Kier molecular flexibility index (Phi) is 9.84. The van der Waals surface area contributed by atoms with Crippen molar-refractivity contribution in [2.45, 2.75) is 38.6 Å². The Morgan fingerprint density at radius 3 is 1.94 bits per heavy atom. The first kappa shape index (κ1) is 24.2. The molecule has 3 aromatic rings. The van der Waals surface area contributed by atoms with Crippen molar-refractivity contribution in [1.29, 1.82) is 0 Å². The molecule has 2 nitrogen and oxygen atoms in total. The Bertz CT molecular complexity index is 979. The zero-order valence-corrected chi connectivity index (χ0v) is 21.6. The number of phenols is 1. The molecule has 31 heavy (non-hydrogen) atoms. The van der Waals surface area contributed by atoms with Crippen LogP contribution in [0.2, 0.25) is 0 Å². The summed E-state index contributed by atoms with van der Waals surface area (Å²) in [5, 5.41) is 11.2. The van der Waals surface area contributed by atoms with E-state index < -0.39 is 20.8 Å². The molecule has 2 unspecified atom stereocenters. The van der Waals surface area contributed by atoms with Crippen molar-refractivity contribution >= 4 is 23.2 Å². The summed E-state index contributed by atoms with van der Waals surface area (Å²) in [6.07, 6.45) is 6.84. The minimum absolute atomic E-state index is 0.305. The molecule has 3 aromatic carbocycles. The average molecular weight is 532 g/mol. The zero-order chi connectivity index (χ0) is 22.1. The first-order valence-electron chi connectivity index (χ1n) is 10.6. The van der Waals surface area contributed by atoms with Gasteiger partial charge in [-0.25, -0.2) is 0 Å². The van der Waals surface area contributed by atoms with Gasteiger partial charge in [0, 0.05) is 17.3 Å². The first-order valence-corrected chi connectivity index (χ1v) is 16.9. The Hall–Kier alpha value is -1.41. The second kappa shape index (κ2) is 12.6. The van der Waals surface area contributed by atoms with Crippen LogP contribution in [0.25, 0.3) is 22.3 Å². The van der Waals surface area contributed by atoms with Gasteiger partial charge in [0.2, 0.25) is 0 Å². The second-order valence-electron chi connectivity index (χ2n) is 7.83. The number of phenolic OH excluding ortho intramolecular Hbond substituents is 1. The molecule has 0 saturated heterocycles. The molecule has 1 saturated carbocycles. The monoisotopic (exact) mass is 529 g/mol. The van der Waals surface area contributed by atoms with Crippen molar-refractivity contribution in [3.63, 3.8) is 0 Å². The number of halogens is 2. The quantitative estimate of drug-likeness (QED) is 0.339. The second-order valence-corrected chi connectivity index (χ2v) is 11.6. The van der Waals surface area contributed by atoms with Gasteiger partial charge in [0.15, 0.2) is 0 Å². The Morgan fingerprint density at radius 2 is 1.35 bits per heavy atom. The Labute approximate surface area is 204 Å². The summed E-state index contributed by atoms with van der Waals surface area (Å²) in [4.78, 5) is 4.93. The molecule has 1 fully saturated rings. The first-order chi connectivity index (χ1) is 15.2. The van der Waals surface area contributed by atoms with E-state index in [2.05, 4.69) is 25.1 Å². The normalized spacial score (nSPS) is 18.3. The summed E-state index contributed by atoms with van der Waals surface area (Å²) in [6.45, 7) is 2.29. The van der Waals surface area contributed by atoms with Gasteiger partial charge in [-0.3, -0.25) is 4.99 Å². The number of benzene rings is 3. The summed E-state index contributed by atoms with van der Waals surface area (Å²) in [7, 11) is 9.87. The molecular weight excluding hydrogens is 504 g/mol. The maximum atomic E-state index is 11.2. The summed E-state index contributed by atoms with van der Waals surface area (Å²) >= 11 is -0.826. The van der Waals surface area contributed by atoms with E-state index in [0.29, 0.717) is 17.7 Å². The van der Waals surface area contributed by atoms with Crippen molar-refractivity contribution in [1.82, 2.24) is 0 Å². The van der Waals surface area contributed by atoms with Crippen molar-refractivity contribution < 1.29 is 26.0 Å². The number of nitrogens with zero attached hydrogens (tertiary/aromatic N) is 1. The Morgan fingerprint density at radius 1 is 0.839 bits per heavy atom. The van der Waals surface area contributed by atoms with Crippen molar-refractivity contribution in [3.05, 3.63) is 78.4 Å². The van der Waals surface area contributed by atoms with Gasteiger partial charge in [-0.2, -0.15) is 0 Å². The van der Waals surface area contributed by atoms with Gasteiger partial charge >= 0.3 is 37.9 Å². The van der Waals surface area contributed by atoms with Gasteiger partial charge in [-0.05, 0) is 41.5 Å². The molecular formula is C26H27Cl2NOZr. The Balaban J connectivity index is 0.000000858. The van der Waals surface area contributed by atoms with Crippen LogP contribution in [0, 0.1) is 5.92 Å². The molecule has 0 bridgehead atoms. The van der Waals surface area contributed by atoms with Crippen LogP contribution in [0.1, 0.15) is 38.2 Å². The van der Waals surface area contributed by atoms with Crippen LogP contribution < -0.4 is 0 Å². The SMILES string of the molecule is CC1CCCCC1N=Cc1c(-c2ccccc2)ccc(-c2ccccc2)c1O.[Cl][Zr][Cl]. The molecule has 0 aliphatic heterocycles. The summed E-state index contributed by atoms with van der Waals surface area (Å²) in [5.41, 5.74) is 4.78. The van der Waals surface area contributed by atoms with Gasteiger partial charge in [-0.1, -0.05) is 86.5 Å². The molecule has 4 rings (SSSR count). The maximum absolute atomic E-state index is 11.2. The summed E-state index contributed by atoms with van der Waals surface area (Å²) < 4.78 is 0. The number of aromatic hydroxyl groups is 1. The van der Waals surface area contributed by atoms with Crippen LogP contribution in [-0.4, -0.2) is 17.4 Å². The standard InChI is InChI=1S/C26H27NO.2ClH.Zr/c1-19-10-8-9-15-25(19)27-18-24-22(20-11-4-2-5-12-20)16-17-23(26(24)28)21-13-6-3-7-14-21;;;/h2-7,11-14,16-19,25,28H,8-10,15H2,1H3;2*1H;/q;;;+2/p-2. The van der Waals surface area contributed by atoms with E-state index in [1.807, 2.05) is 60.8 Å². The van der Waals surface area contributed by atoms with Crippen LogP contribution in [0.5, 0.6) is 5.75 Å². The van der Waals surface area contributed by atoms with E-state index in [-0.39, 0.29) is 0 Å². The third kappa shape index (κ3) is 6.54. The molecule has 160 valence electrons. The molecule has 1 aliphatic rings. The number of aliphatic imine (C=N–C) groups is 1. The van der Waals surface area contributed by atoms with E-state index >= 15 is 0 Å². The molecule has 5 heteroatoms. The predicted molar refractivity (Wildman–Crippen MR) is 130 cm³/mol. The molecule has 0 amide bonds. The van der Waals surface area contributed by atoms with Gasteiger partial charge in [0.25, 0.3) is 0 Å². The average Bonchev–Trinajstić information content (AvgIpc) is 2.81. The molecule has 0 spiro atoms. The van der Waals surface area contributed by atoms with Crippen LogP contribution >= 0.6 is 17.0 Å². The fourth-order valence-electron chi connectivity index (χ4n) is 4.15. The van der Waals surface area contributed by atoms with Crippen LogP contribution in [-0.2, 0) is 20.8 Å². The number of hydrogen-bond donors (Lipinski definition) is 1. The van der Waals surface area contributed by atoms with Gasteiger partial charge < -0.3 is 5.11 Å². The number of hydrogen-bond acceptors (Lipinski definition) is 2. The van der Waals surface area contributed by atoms with E-state index in [4.69, 9.17) is 22.0 Å². The van der Waals surface area contributed by atoms with Gasteiger partial charge in [0.1, 0.15) is 5.75 Å². The van der Waals surface area contributed by atoms with Crippen LogP contribution in [0.15, 0.2) is 77.8 Å². The third-order valence-corrected chi connectivity index (χ3v) is 5.85. The topological polar surface area (TPSA) is 32.6 Å².